The number of halogens is 2. The van der Waals surface area contributed by atoms with Gasteiger partial charge in [0.25, 0.3) is 0 Å². The molecule has 0 spiro atoms. The fraction of sp³-hybridized carbons (Fsp3) is 0.333. The van der Waals surface area contributed by atoms with E-state index < -0.39 is 0 Å². The number of aromatic nitrogens is 2. The third-order valence-electron chi connectivity index (χ3n) is 3.09. The molecule has 0 saturated heterocycles. The van der Waals surface area contributed by atoms with Crippen molar-refractivity contribution in [2.45, 2.75) is 26.8 Å². The smallest absolute Gasteiger partial charge is 0.137 e. The summed E-state index contributed by atoms with van der Waals surface area (Å²) in [6.45, 7) is 4.75. The Labute approximate surface area is 133 Å². The highest BCUT2D eigenvalue weighted by Gasteiger charge is 2.13. The summed E-state index contributed by atoms with van der Waals surface area (Å²) in [6, 6.07) is 8.26. The fourth-order valence-electron chi connectivity index (χ4n) is 2.03. The van der Waals surface area contributed by atoms with Crippen molar-refractivity contribution in [2.75, 3.05) is 11.9 Å². The maximum Gasteiger partial charge on any atom is 0.137 e. The van der Waals surface area contributed by atoms with Crippen LogP contribution in [0.5, 0.6) is 0 Å². The summed E-state index contributed by atoms with van der Waals surface area (Å²) in [5.74, 6) is 1.67. The third-order valence-corrected chi connectivity index (χ3v) is 3.95. The van der Waals surface area contributed by atoms with Gasteiger partial charge in [-0.1, -0.05) is 46.6 Å². The van der Waals surface area contributed by atoms with Gasteiger partial charge in [-0.2, -0.15) is 0 Å². The number of nitrogens with zero attached hydrogens (tertiary/aromatic N) is 3. The lowest BCUT2D eigenvalue weighted by atomic mass is 10.2. The summed E-state index contributed by atoms with van der Waals surface area (Å²) in [5.41, 5.74) is 2.13. The monoisotopic (exact) mass is 353 g/mol. The first-order valence-electron chi connectivity index (χ1n) is 6.50. The normalized spacial score (nSPS) is 10.7. The first kappa shape index (κ1) is 15.3. The molecule has 2 rings (SSSR count). The molecule has 1 heterocycles. The van der Waals surface area contributed by atoms with E-state index in [1.165, 1.54) is 5.56 Å². The molecular weight excluding hydrogens is 338 g/mol. The summed E-state index contributed by atoms with van der Waals surface area (Å²) in [6.07, 6.45) is 0.776. The summed E-state index contributed by atoms with van der Waals surface area (Å²) >= 11 is 9.68. The maximum absolute atomic E-state index is 6.18. The first-order valence-corrected chi connectivity index (χ1v) is 7.67. The quantitative estimate of drug-likeness (QED) is 0.762. The summed E-state index contributed by atoms with van der Waals surface area (Å²) < 4.78 is 1.08. The van der Waals surface area contributed by atoms with E-state index in [4.69, 9.17) is 11.6 Å². The standard InChI is InChI=1S/C15H17BrClN3/c1-4-13-18-14(17)10(2)15(19-13)20(3)9-11-6-5-7-12(16)8-11/h5-8H,4,9H2,1-3H3. The Kier molecular flexibility index (Phi) is 5.00. The van der Waals surface area contributed by atoms with Crippen LogP contribution in [-0.2, 0) is 13.0 Å². The Morgan fingerprint density at radius 2 is 2.05 bits per heavy atom. The van der Waals surface area contributed by atoms with E-state index in [1.54, 1.807) is 0 Å². The Hall–Kier alpha value is -1.13. The zero-order valence-corrected chi connectivity index (χ0v) is 14.2. The van der Waals surface area contributed by atoms with Crippen molar-refractivity contribution < 1.29 is 0 Å². The minimum atomic E-state index is 0.535. The van der Waals surface area contributed by atoms with Crippen molar-refractivity contribution in [3.63, 3.8) is 0 Å². The Morgan fingerprint density at radius 3 is 2.70 bits per heavy atom. The number of benzene rings is 1. The molecular formula is C15H17BrClN3. The molecule has 1 aromatic heterocycles. The predicted molar refractivity (Wildman–Crippen MR) is 87.4 cm³/mol. The van der Waals surface area contributed by atoms with Crippen molar-refractivity contribution in [3.8, 4) is 0 Å². The van der Waals surface area contributed by atoms with Gasteiger partial charge in [0.1, 0.15) is 16.8 Å². The summed E-state index contributed by atoms with van der Waals surface area (Å²) in [4.78, 5) is 11.0. The highest BCUT2D eigenvalue weighted by Crippen LogP contribution is 2.24. The van der Waals surface area contributed by atoms with Gasteiger partial charge in [0.05, 0.1) is 0 Å². The van der Waals surface area contributed by atoms with Crippen LogP contribution in [0, 0.1) is 6.92 Å². The lowest BCUT2D eigenvalue weighted by Crippen LogP contribution is -2.20. The molecule has 0 unspecified atom stereocenters. The molecule has 0 fully saturated rings. The first-order chi connectivity index (χ1) is 9.51. The van der Waals surface area contributed by atoms with Crippen molar-refractivity contribution in [2.24, 2.45) is 0 Å². The van der Waals surface area contributed by atoms with Crippen LogP contribution >= 0.6 is 27.5 Å². The molecule has 0 aliphatic rings. The van der Waals surface area contributed by atoms with Gasteiger partial charge in [-0.05, 0) is 24.6 Å². The van der Waals surface area contributed by atoms with Crippen LogP contribution in [0.3, 0.4) is 0 Å². The molecule has 2 aromatic rings. The zero-order chi connectivity index (χ0) is 14.7. The lowest BCUT2D eigenvalue weighted by molar-refractivity contribution is 0.849. The molecule has 20 heavy (non-hydrogen) atoms. The van der Waals surface area contributed by atoms with E-state index in [1.807, 2.05) is 33.0 Å². The van der Waals surface area contributed by atoms with Gasteiger partial charge >= 0.3 is 0 Å². The highest BCUT2D eigenvalue weighted by molar-refractivity contribution is 9.10. The van der Waals surface area contributed by atoms with Crippen molar-refractivity contribution >= 4 is 33.3 Å². The lowest BCUT2D eigenvalue weighted by Gasteiger charge is -2.21. The molecule has 0 amide bonds. The van der Waals surface area contributed by atoms with Crippen LogP contribution in [0.15, 0.2) is 28.7 Å². The minimum absolute atomic E-state index is 0.535. The average Bonchev–Trinajstić information content (AvgIpc) is 2.41. The van der Waals surface area contributed by atoms with E-state index >= 15 is 0 Å². The molecule has 0 aliphatic heterocycles. The maximum atomic E-state index is 6.18. The number of rotatable bonds is 4. The average molecular weight is 355 g/mol. The molecule has 3 nitrogen and oxygen atoms in total. The Balaban J connectivity index is 2.29. The second kappa shape index (κ2) is 6.55. The molecule has 5 heteroatoms. The van der Waals surface area contributed by atoms with E-state index in [2.05, 4.69) is 42.9 Å². The predicted octanol–water partition coefficient (Wildman–Crippen LogP) is 4.40. The van der Waals surface area contributed by atoms with Gasteiger partial charge in [0, 0.05) is 30.0 Å². The van der Waals surface area contributed by atoms with Gasteiger partial charge in [0.15, 0.2) is 0 Å². The van der Waals surface area contributed by atoms with Gasteiger partial charge in [-0.15, -0.1) is 0 Å². The topological polar surface area (TPSA) is 29.0 Å². The summed E-state index contributed by atoms with van der Waals surface area (Å²) in [5, 5.41) is 0.535. The van der Waals surface area contributed by atoms with Crippen molar-refractivity contribution in [1.82, 2.24) is 9.97 Å². The Morgan fingerprint density at radius 1 is 1.30 bits per heavy atom. The van der Waals surface area contributed by atoms with Crippen LogP contribution in [-0.4, -0.2) is 17.0 Å². The van der Waals surface area contributed by atoms with Gasteiger partial charge < -0.3 is 4.90 Å². The van der Waals surface area contributed by atoms with Gasteiger partial charge in [0.2, 0.25) is 0 Å². The summed E-state index contributed by atoms with van der Waals surface area (Å²) in [7, 11) is 2.02. The highest BCUT2D eigenvalue weighted by atomic mass is 79.9. The number of hydrogen-bond donors (Lipinski definition) is 0. The van der Waals surface area contributed by atoms with Crippen LogP contribution in [0.4, 0.5) is 5.82 Å². The number of aryl methyl sites for hydroxylation is 1. The molecule has 106 valence electrons. The van der Waals surface area contributed by atoms with E-state index in [0.29, 0.717) is 5.15 Å². The fourth-order valence-corrected chi connectivity index (χ4v) is 2.66. The van der Waals surface area contributed by atoms with E-state index in [-0.39, 0.29) is 0 Å². The van der Waals surface area contributed by atoms with Gasteiger partial charge in [-0.25, -0.2) is 9.97 Å². The molecule has 0 radical (unpaired) electrons. The second-order valence-corrected chi connectivity index (χ2v) is 5.99. The molecule has 1 aromatic carbocycles. The van der Waals surface area contributed by atoms with Gasteiger partial charge in [-0.3, -0.25) is 0 Å². The molecule has 0 bridgehead atoms. The van der Waals surface area contributed by atoms with Crippen LogP contribution in [0.2, 0.25) is 5.15 Å². The van der Waals surface area contributed by atoms with E-state index in [9.17, 15) is 0 Å². The molecule has 0 saturated carbocycles. The minimum Gasteiger partial charge on any atom is -0.355 e. The van der Waals surface area contributed by atoms with Crippen LogP contribution < -0.4 is 4.90 Å². The zero-order valence-electron chi connectivity index (χ0n) is 11.8. The van der Waals surface area contributed by atoms with Crippen LogP contribution in [0.1, 0.15) is 23.9 Å². The second-order valence-electron chi connectivity index (χ2n) is 4.72. The van der Waals surface area contributed by atoms with Crippen molar-refractivity contribution in [1.29, 1.82) is 0 Å². The van der Waals surface area contributed by atoms with E-state index in [0.717, 1.165) is 34.6 Å². The van der Waals surface area contributed by atoms with Crippen molar-refractivity contribution in [3.05, 3.63) is 50.8 Å². The number of hydrogen-bond acceptors (Lipinski definition) is 3. The molecule has 0 N–H and O–H groups in total. The third kappa shape index (κ3) is 3.49. The molecule has 0 atom stereocenters. The molecule has 0 aliphatic carbocycles. The largest absolute Gasteiger partial charge is 0.355 e. The Bertz CT molecular complexity index is 616. The SMILES string of the molecule is CCc1nc(Cl)c(C)c(N(C)Cc2cccc(Br)c2)n1. The number of anilines is 1. The van der Waals surface area contributed by atoms with Crippen LogP contribution in [0.25, 0.3) is 0 Å².